The van der Waals surface area contributed by atoms with Crippen molar-refractivity contribution in [1.29, 1.82) is 0 Å². The van der Waals surface area contributed by atoms with E-state index in [4.69, 9.17) is 11.6 Å². The Kier molecular flexibility index (Phi) is 4.06. The third kappa shape index (κ3) is 3.14. The van der Waals surface area contributed by atoms with Crippen LogP contribution in [0.25, 0.3) is 0 Å². The zero-order chi connectivity index (χ0) is 15.0. The second-order valence-corrected chi connectivity index (χ2v) is 6.24. The molecule has 2 heterocycles. The summed E-state index contributed by atoms with van der Waals surface area (Å²) in [5, 5.41) is 3.48. The molecule has 2 aliphatic heterocycles. The van der Waals surface area contributed by atoms with Crippen molar-refractivity contribution in [2.24, 2.45) is 0 Å². The van der Waals surface area contributed by atoms with Crippen LogP contribution in [0.15, 0.2) is 18.2 Å². The molecule has 21 heavy (non-hydrogen) atoms. The monoisotopic (exact) mass is 318 g/mol. The number of anilines is 1. The number of rotatable bonds is 2. The van der Waals surface area contributed by atoms with Gasteiger partial charge in [0.25, 0.3) is 0 Å². The Balaban J connectivity index is 1.73. The Labute approximate surface area is 127 Å². The Morgan fingerprint density at radius 1 is 1.14 bits per heavy atom. The van der Waals surface area contributed by atoms with Crippen LogP contribution in [0.3, 0.4) is 0 Å². The molecule has 6 heteroatoms. The maximum atomic E-state index is 12.6. The van der Waals surface area contributed by atoms with Gasteiger partial charge in [0.05, 0.1) is 16.3 Å². The molecule has 2 aliphatic rings. The van der Waals surface area contributed by atoms with E-state index in [1.807, 2.05) is 0 Å². The first-order valence-electron chi connectivity index (χ1n) is 7.32. The van der Waals surface area contributed by atoms with E-state index in [-0.39, 0.29) is 11.1 Å². The van der Waals surface area contributed by atoms with Crippen molar-refractivity contribution in [2.45, 2.75) is 43.9 Å². The number of nitrogens with one attached hydrogen (secondary N) is 1. The molecule has 2 fully saturated rings. The first-order valence-corrected chi connectivity index (χ1v) is 7.70. The number of hydrogen-bond acceptors (Lipinski definition) is 2. The minimum atomic E-state index is -4.35. The lowest BCUT2D eigenvalue weighted by atomic mass is 9.99. The van der Waals surface area contributed by atoms with Gasteiger partial charge in [0, 0.05) is 18.6 Å². The van der Waals surface area contributed by atoms with Crippen molar-refractivity contribution < 1.29 is 13.2 Å². The van der Waals surface area contributed by atoms with Gasteiger partial charge in [0.2, 0.25) is 0 Å². The highest BCUT2D eigenvalue weighted by Crippen LogP contribution is 2.35. The summed E-state index contributed by atoms with van der Waals surface area (Å²) in [5.74, 6) is 0. The van der Waals surface area contributed by atoms with Gasteiger partial charge in [-0.2, -0.15) is 13.2 Å². The van der Waals surface area contributed by atoms with Crippen molar-refractivity contribution in [3.8, 4) is 0 Å². The zero-order valence-corrected chi connectivity index (χ0v) is 12.3. The summed E-state index contributed by atoms with van der Waals surface area (Å²) in [5.41, 5.74) is -0.106. The predicted octanol–water partition coefficient (Wildman–Crippen LogP) is 4.40. The van der Waals surface area contributed by atoms with Crippen LogP contribution >= 0.6 is 11.6 Å². The average Bonchev–Trinajstić information content (AvgIpc) is 2.83. The average molecular weight is 319 g/mol. The van der Waals surface area contributed by atoms with Crippen molar-refractivity contribution >= 4 is 17.3 Å². The first-order chi connectivity index (χ1) is 9.95. The molecule has 0 spiro atoms. The second kappa shape index (κ2) is 5.69. The van der Waals surface area contributed by atoms with E-state index in [1.165, 1.54) is 18.9 Å². The molecular formula is C15H18ClF3N2. The van der Waals surface area contributed by atoms with Crippen LogP contribution in [0.5, 0.6) is 0 Å². The lowest BCUT2D eigenvalue weighted by Crippen LogP contribution is -2.41. The number of nitrogens with zero attached hydrogens (tertiary/aromatic N) is 1. The lowest BCUT2D eigenvalue weighted by molar-refractivity contribution is -0.137. The molecule has 1 N–H and O–H groups in total. The summed E-state index contributed by atoms with van der Waals surface area (Å²) < 4.78 is 37.9. The highest BCUT2D eigenvalue weighted by atomic mass is 35.5. The van der Waals surface area contributed by atoms with E-state index in [0.29, 0.717) is 11.7 Å². The maximum absolute atomic E-state index is 12.6. The predicted molar refractivity (Wildman–Crippen MR) is 77.7 cm³/mol. The molecule has 116 valence electrons. The number of piperidine rings is 1. The Morgan fingerprint density at radius 2 is 1.95 bits per heavy atom. The van der Waals surface area contributed by atoms with E-state index < -0.39 is 11.7 Å². The van der Waals surface area contributed by atoms with Crippen molar-refractivity contribution in [3.63, 3.8) is 0 Å². The fourth-order valence-electron chi connectivity index (χ4n) is 3.42. The van der Waals surface area contributed by atoms with Crippen molar-refractivity contribution in [1.82, 2.24) is 4.90 Å². The van der Waals surface area contributed by atoms with E-state index in [0.717, 1.165) is 38.1 Å². The highest BCUT2D eigenvalue weighted by Gasteiger charge is 2.36. The molecule has 2 unspecified atom stereocenters. The highest BCUT2D eigenvalue weighted by molar-refractivity contribution is 6.33. The SMILES string of the molecule is FC(F)(F)c1ccc(NC2CCN3CCCCC23)c(Cl)c1. The largest absolute Gasteiger partial charge is 0.416 e. The molecule has 0 saturated carbocycles. The van der Waals surface area contributed by atoms with Crippen LogP contribution in [-0.2, 0) is 6.18 Å². The van der Waals surface area contributed by atoms with Gasteiger partial charge >= 0.3 is 6.18 Å². The molecule has 1 aromatic rings. The van der Waals surface area contributed by atoms with Crippen molar-refractivity contribution in [2.75, 3.05) is 18.4 Å². The van der Waals surface area contributed by atoms with Gasteiger partial charge in [-0.25, -0.2) is 0 Å². The third-order valence-corrected chi connectivity index (χ3v) is 4.81. The zero-order valence-electron chi connectivity index (χ0n) is 11.6. The Hall–Kier alpha value is -0.940. The van der Waals surface area contributed by atoms with E-state index >= 15 is 0 Å². The van der Waals surface area contributed by atoms with Gasteiger partial charge in [-0.05, 0) is 44.0 Å². The molecule has 2 saturated heterocycles. The second-order valence-electron chi connectivity index (χ2n) is 5.83. The molecule has 2 nitrogen and oxygen atoms in total. The summed E-state index contributed by atoms with van der Waals surface area (Å²) in [6, 6.07) is 4.28. The molecule has 0 aliphatic carbocycles. The van der Waals surface area contributed by atoms with E-state index in [1.54, 1.807) is 0 Å². The normalized spacial score (nSPS) is 26.7. The van der Waals surface area contributed by atoms with Gasteiger partial charge < -0.3 is 5.32 Å². The molecule has 0 bridgehead atoms. The quantitative estimate of drug-likeness (QED) is 0.869. The van der Waals surface area contributed by atoms with Gasteiger partial charge in [-0.15, -0.1) is 0 Å². The number of fused-ring (bicyclic) bond motifs is 1. The maximum Gasteiger partial charge on any atom is 0.416 e. The minimum absolute atomic E-state index is 0.138. The Bertz CT molecular complexity index is 518. The number of halogens is 4. The molecule has 3 rings (SSSR count). The van der Waals surface area contributed by atoms with Crippen LogP contribution in [0, 0.1) is 0 Å². The van der Waals surface area contributed by atoms with Gasteiger partial charge in [-0.3, -0.25) is 4.90 Å². The molecular weight excluding hydrogens is 301 g/mol. The Morgan fingerprint density at radius 3 is 2.67 bits per heavy atom. The van der Waals surface area contributed by atoms with Crippen LogP contribution in [0.1, 0.15) is 31.2 Å². The van der Waals surface area contributed by atoms with Gasteiger partial charge in [0.1, 0.15) is 0 Å². The summed E-state index contributed by atoms with van der Waals surface area (Å²) >= 11 is 6.01. The van der Waals surface area contributed by atoms with Crippen LogP contribution in [0.4, 0.5) is 18.9 Å². The first kappa shape index (κ1) is 15.0. The standard InChI is InChI=1S/C15H18ClF3N2/c16-11-9-10(15(17,18)19)4-5-12(11)20-13-6-8-21-7-2-1-3-14(13)21/h4-5,9,13-14,20H,1-3,6-8H2. The smallest absolute Gasteiger partial charge is 0.379 e. The lowest BCUT2D eigenvalue weighted by Gasteiger charge is -2.33. The van der Waals surface area contributed by atoms with Crippen molar-refractivity contribution in [3.05, 3.63) is 28.8 Å². The molecule has 0 radical (unpaired) electrons. The fourth-order valence-corrected chi connectivity index (χ4v) is 3.66. The minimum Gasteiger partial charge on any atom is -0.379 e. The van der Waals surface area contributed by atoms with Crippen LogP contribution in [-0.4, -0.2) is 30.1 Å². The molecule has 0 amide bonds. The number of alkyl halides is 3. The number of benzene rings is 1. The van der Waals surface area contributed by atoms with Gasteiger partial charge in [-0.1, -0.05) is 18.0 Å². The fraction of sp³-hybridized carbons (Fsp3) is 0.600. The van der Waals surface area contributed by atoms with Crippen LogP contribution in [0.2, 0.25) is 5.02 Å². The number of hydrogen-bond donors (Lipinski definition) is 1. The summed E-state index contributed by atoms with van der Waals surface area (Å²) in [7, 11) is 0. The van der Waals surface area contributed by atoms with E-state index in [2.05, 4.69) is 10.2 Å². The summed E-state index contributed by atoms with van der Waals surface area (Å²) in [6.07, 6.45) is 0.276. The third-order valence-electron chi connectivity index (χ3n) is 4.49. The summed E-state index contributed by atoms with van der Waals surface area (Å²) in [4.78, 5) is 2.47. The van der Waals surface area contributed by atoms with E-state index in [9.17, 15) is 13.2 Å². The topological polar surface area (TPSA) is 15.3 Å². The van der Waals surface area contributed by atoms with Crippen LogP contribution < -0.4 is 5.32 Å². The molecule has 0 aromatic heterocycles. The molecule has 2 atom stereocenters. The van der Waals surface area contributed by atoms with Gasteiger partial charge in [0.15, 0.2) is 0 Å². The molecule has 1 aromatic carbocycles. The summed E-state index contributed by atoms with van der Waals surface area (Å²) in [6.45, 7) is 2.18.